The van der Waals surface area contributed by atoms with Gasteiger partial charge in [0, 0.05) is 24.7 Å². The zero-order valence-corrected chi connectivity index (χ0v) is 9.96. The van der Waals surface area contributed by atoms with E-state index in [0.29, 0.717) is 16.6 Å². The molecular formula is C10H14Cl2N2O. The van der Waals surface area contributed by atoms with Gasteiger partial charge in [0.2, 0.25) is 0 Å². The molecular weight excluding hydrogens is 235 g/mol. The van der Waals surface area contributed by atoms with Crippen molar-refractivity contribution in [2.24, 2.45) is 5.73 Å². The van der Waals surface area contributed by atoms with Crippen molar-refractivity contribution in [3.05, 3.63) is 28.2 Å². The Bertz CT molecular complexity index is 333. The Labute approximate surface area is 99.4 Å². The zero-order valence-electron chi connectivity index (χ0n) is 8.45. The fraction of sp³-hybridized carbons (Fsp3) is 0.400. The molecule has 3 nitrogen and oxygen atoms in total. The van der Waals surface area contributed by atoms with Gasteiger partial charge in [-0.25, -0.2) is 0 Å². The second-order valence-corrected chi connectivity index (χ2v) is 4.26. The maximum Gasteiger partial charge on any atom is 0.0654 e. The Hall–Kier alpha value is -0.480. The van der Waals surface area contributed by atoms with Crippen molar-refractivity contribution in [2.75, 3.05) is 25.1 Å². The summed E-state index contributed by atoms with van der Waals surface area (Å²) < 4.78 is 0. The molecule has 0 saturated carbocycles. The number of rotatable bonds is 4. The molecule has 0 aliphatic rings. The quantitative estimate of drug-likeness (QED) is 0.854. The largest absolute Gasteiger partial charge is 0.395 e. The molecule has 0 fully saturated rings. The van der Waals surface area contributed by atoms with E-state index in [2.05, 4.69) is 0 Å². The van der Waals surface area contributed by atoms with Crippen LogP contribution in [0.1, 0.15) is 0 Å². The number of aliphatic hydroxyl groups is 1. The van der Waals surface area contributed by atoms with Crippen molar-refractivity contribution in [3.8, 4) is 0 Å². The van der Waals surface area contributed by atoms with Crippen LogP contribution in [0.4, 0.5) is 5.69 Å². The smallest absolute Gasteiger partial charge is 0.0654 e. The first kappa shape index (κ1) is 12.6. The lowest BCUT2D eigenvalue weighted by Gasteiger charge is -2.23. The van der Waals surface area contributed by atoms with E-state index in [1.54, 1.807) is 12.1 Å². The van der Waals surface area contributed by atoms with Crippen LogP contribution in [0.25, 0.3) is 0 Å². The molecule has 1 atom stereocenters. The van der Waals surface area contributed by atoms with Gasteiger partial charge in [-0.15, -0.1) is 0 Å². The number of anilines is 1. The SMILES string of the molecule is CN(CC(N)CO)c1ccc(Cl)cc1Cl. The molecule has 0 radical (unpaired) electrons. The molecule has 0 saturated heterocycles. The Morgan fingerprint density at radius 3 is 2.67 bits per heavy atom. The van der Waals surface area contributed by atoms with Crippen LogP contribution in [-0.2, 0) is 0 Å². The van der Waals surface area contributed by atoms with E-state index in [4.69, 9.17) is 34.0 Å². The molecule has 84 valence electrons. The van der Waals surface area contributed by atoms with E-state index in [1.807, 2.05) is 18.0 Å². The molecule has 0 heterocycles. The minimum Gasteiger partial charge on any atom is -0.395 e. The number of likely N-dealkylation sites (N-methyl/N-ethyl adjacent to an activating group) is 1. The first-order valence-electron chi connectivity index (χ1n) is 4.57. The molecule has 1 aromatic carbocycles. The predicted molar refractivity (Wildman–Crippen MR) is 64.8 cm³/mol. The van der Waals surface area contributed by atoms with E-state index in [0.717, 1.165) is 5.69 Å². The number of hydrogen-bond acceptors (Lipinski definition) is 3. The highest BCUT2D eigenvalue weighted by molar-refractivity contribution is 6.36. The summed E-state index contributed by atoms with van der Waals surface area (Å²) in [4.78, 5) is 1.89. The summed E-state index contributed by atoms with van der Waals surface area (Å²) in [5, 5.41) is 10.0. The monoisotopic (exact) mass is 248 g/mol. The van der Waals surface area contributed by atoms with Gasteiger partial charge in [0.1, 0.15) is 0 Å². The minimum absolute atomic E-state index is 0.0461. The van der Waals surface area contributed by atoms with Crippen LogP contribution in [0.15, 0.2) is 18.2 Å². The molecule has 0 aromatic heterocycles. The van der Waals surface area contributed by atoms with Gasteiger partial charge in [0.05, 0.1) is 17.3 Å². The van der Waals surface area contributed by atoms with E-state index in [-0.39, 0.29) is 12.6 Å². The number of nitrogens with zero attached hydrogens (tertiary/aromatic N) is 1. The molecule has 1 unspecified atom stereocenters. The van der Waals surface area contributed by atoms with Crippen molar-refractivity contribution < 1.29 is 5.11 Å². The van der Waals surface area contributed by atoms with Crippen LogP contribution >= 0.6 is 23.2 Å². The summed E-state index contributed by atoms with van der Waals surface area (Å²) in [6, 6.07) is 5.00. The molecule has 0 bridgehead atoms. The molecule has 0 amide bonds. The summed E-state index contributed by atoms with van der Waals surface area (Å²) in [6.45, 7) is 0.493. The average Bonchev–Trinajstić information content (AvgIpc) is 2.17. The number of halogens is 2. The molecule has 0 aliphatic carbocycles. The number of benzene rings is 1. The summed E-state index contributed by atoms with van der Waals surface area (Å²) in [7, 11) is 1.87. The Morgan fingerprint density at radius 1 is 1.47 bits per heavy atom. The fourth-order valence-electron chi connectivity index (χ4n) is 1.30. The number of nitrogens with two attached hydrogens (primary N) is 1. The van der Waals surface area contributed by atoms with Gasteiger partial charge in [0.25, 0.3) is 0 Å². The van der Waals surface area contributed by atoms with E-state index in [9.17, 15) is 0 Å². The van der Waals surface area contributed by atoms with Crippen molar-refractivity contribution in [1.29, 1.82) is 0 Å². The third kappa shape index (κ3) is 3.54. The van der Waals surface area contributed by atoms with Crippen molar-refractivity contribution in [2.45, 2.75) is 6.04 Å². The zero-order chi connectivity index (χ0) is 11.4. The first-order chi connectivity index (χ1) is 7.04. The summed E-state index contributed by atoms with van der Waals surface area (Å²) in [5.74, 6) is 0. The van der Waals surface area contributed by atoms with Crippen molar-refractivity contribution in [1.82, 2.24) is 0 Å². The molecule has 1 rings (SSSR count). The van der Waals surface area contributed by atoms with Crippen molar-refractivity contribution >= 4 is 28.9 Å². The van der Waals surface area contributed by atoms with Crippen molar-refractivity contribution in [3.63, 3.8) is 0 Å². The third-order valence-corrected chi connectivity index (χ3v) is 2.60. The second-order valence-electron chi connectivity index (χ2n) is 3.42. The van der Waals surface area contributed by atoms with Gasteiger partial charge in [-0.2, -0.15) is 0 Å². The second kappa shape index (κ2) is 5.56. The first-order valence-corrected chi connectivity index (χ1v) is 5.33. The minimum atomic E-state index is -0.276. The van der Waals surface area contributed by atoms with Gasteiger partial charge in [-0.3, -0.25) is 0 Å². The molecule has 15 heavy (non-hydrogen) atoms. The van der Waals surface area contributed by atoms with Crippen LogP contribution in [-0.4, -0.2) is 31.3 Å². The summed E-state index contributed by atoms with van der Waals surface area (Å²) >= 11 is 11.8. The maximum atomic E-state index is 8.84. The van der Waals surface area contributed by atoms with Gasteiger partial charge >= 0.3 is 0 Å². The van der Waals surface area contributed by atoms with Crippen LogP contribution in [0, 0.1) is 0 Å². The van der Waals surface area contributed by atoms with Gasteiger partial charge in [0.15, 0.2) is 0 Å². The van der Waals surface area contributed by atoms with Gasteiger partial charge in [-0.1, -0.05) is 23.2 Å². The van der Waals surface area contributed by atoms with Crippen LogP contribution in [0.2, 0.25) is 10.0 Å². The molecule has 0 spiro atoms. The number of aliphatic hydroxyl groups excluding tert-OH is 1. The highest BCUT2D eigenvalue weighted by atomic mass is 35.5. The lowest BCUT2D eigenvalue weighted by molar-refractivity contribution is 0.267. The topological polar surface area (TPSA) is 49.5 Å². The van der Waals surface area contributed by atoms with Gasteiger partial charge in [-0.05, 0) is 18.2 Å². The van der Waals surface area contributed by atoms with E-state index in [1.165, 1.54) is 0 Å². The Kier molecular flexibility index (Phi) is 4.67. The number of hydrogen-bond donors (Lipinski definition) is 2. The normalized spacial score (nSPS) is 12.6. The fourth-order valence-corrected chi connectivity index (χ4v) is 1.85. The average molecular weight is 249 g/mol. The van der Waals surface area contributed by atoms with E-state index >= 15 is 0 Å². The standard InChI is InChI=1S/C10H14Cl2N2O/c1-14(5-8(13)6-15)10-3-2-7(11)4-9(10)12/h2-4,8,15H,5-6,13H2,1H3. The molecule has 5 heteroatoms. The Balaban J connectivity index is 2.77. The lowest BCUT2D eigenvalue weighted by Crippen LogP contribution is -2.37. The summed E-state index contributed by atoms with van der Waals surface area (Å²) in [6.07, 6.45) is 0. The molecule has 1 aromatic rings. The lowest BCUT2D eigenvalue weighted by atomic mass is 10.2. The highest BCUT2D eigenvalue weighted by Crippen LogP contribution is 2.27. The molecule has 3 N–H and O–H groups in total. The van der Waals surface area contributed by atoms with Gasteiger partial charge < -0.3 is 15.7 Å². The molecule has 0 aliphatic heterocycles. The van der Waals surface area contributed by atoms with Crippen LogP contribution in [0.5, 0.6) is 0 Å². The Morgan fingerprint density at radius 2 is 2.13 bits per heavy atom. The van der Waals surface area contributed by atoms with Crippen LogP contribution < -0.4 is 10.6 Å². The predicted octanol–water partition coefficient (Wildman–Crippen LogP) is 1.75. The third-order valence-electron chi connectivity index (χ3n) is 2.06. The van der Waals surface area contributed by atoms with E-state index < -0.39 is 0 Å². The maximum absolute atomic E-state index is 8.84. The summed E-state index contributed by atoms with van der Waals surface area (Å²) in [5.41, 5.74) is 6.48. The van der Waals surface area contributed by atoms with Crippen LogP contribution in [0.3, 0.4) is 0 Å². The highest BCUT2D eigenvalue weighted by Gasteiger charge is 2.09.